The first-order valence-corrected chi connectivity index (χ1v) is 11.1. The van der Waals surface area contributed by atoms with E-state index < -0.39 is 0 Å². The largest absolute Gasteiger partial charge is 0.354 e. The number of nitrogens with one attached hydrogen (secondary N) is 1. The van der Waals surface area contributed by atoms with Gasteiger partial charge in [0.25, 0.3) is 0 Å². The van der Waals surface area contributed by atoms with Gasteiger partial charge in [-0.05, 0) is 35.9 Å². The Morgan fingerprint density at radius 3 is 2.52 bits per heavy atom. The first kappa shape index (κ1) is 19.6. The van der Waals surface area contributed by atoms with Crippen molar-refractivity contribution in [2.24, 2.45) is 10.2 Å². The second-order valence-corrected chi connectivity index (χ2v) is 8.33. The minimum Gasteiger partial charge on any atom is -0.354 e. The summed E-state index contributed by atoms with van der Waals surface area (Å²) in [6.45, 7) is 0. The Balaban J connectivity index is 1.53. The number of nitrogens with zero attached hydrogens (tertiary/aromatic N) is 3. The fourth-order valence-corrected chi connectivity index (χ4v) is 4.49. The number of hydrogen-bond acceptors (Lipinski definition) is 4. The van der Waals surface area contributed by atoms with Crippen LogP contribution in [0.3, 0.4) is 0 Å². The Bertz CT molecular complexity index is 1310. The van der Waals surface area contributed by atoms with Crippen LogP contribution < -0.4 is 4.90 Å². The monoisotopic (exact) mass is 444 g/mol. The number of H-pyrrole nitrogens is 1. The fourth-order valence-electron chi connectivity index (χ4n) is 3.55. The number of carbonyl (C=O) groups is 1. The van der Waals surface area contributed by atoms with Crippen LogP contribution in [0.1, 0.15) is 5.56 Å². The van der Waals surface area contributed by atoms with Gasteiger partial charge in [-0.25, -0.2) is 0 Å². The van der Waals surface area contributed by atoms with Crippen molar-refractivity contribution in [3.63, 3.8) is 0 Å². The van der Waals surface area contributed by atoms with E-state index in [1.54, 1.807) is 11.1 Å². The summed E-state index contributed by atoms with van der Waals surface area (Å²) in [7, 11) is 0. The number of aromatic amines is 1. The molecule has 0 aliphatic carbocycles. The number of amides is 1. The SMILES string of the molecule is O=C1CS/C(=N\N=C\c2c(-c3ccc(Cl)cc3)[nH]c3ccccc23)N1c1ccccc1. The number of carbonyl (C=O) groups excluding carboxylic acids is 1. The first-order valence-electron chi connectivity index (χ1n) is 9.69. The molecule has 1 saturated heterocycles. The van der Waals surface area contributed by atoms with Crippen LogP contribution in [0, 0.1) is 0 Å². The second-order valence-electron chi connectivity index (χ2n) is 6.95. The van der Waals surface area contributed by atoms with E-state index in [9.17, 15) is 4.79 Å². The molecule has 2 heterocycles. The lowest BCUT2D eigenvalue weighted by Gasteiger charge is -2.14. The number of benzene rings is 3. The topological polar surface area (TPSA) is 60.8 Å². The Morgan fingerprint density at radius 2 is 1.71 bits per heavy atom. The predicted molar refractivity (Wildman–Crippen MR) is 130 cm³/mol. The van der Waals surface area contributed by atoms with Gasteiger partial charge in [0.15, 0.2) is 5.17 Å². The quantitative estimate of drug-likeness (QED) is 0.312. The molecule has 4 aromatic rings. The van der Waals surface area contributed by atoms with Crippen molar-refractivity contribution in [1.29, 1.82) is 0 Å². The number of thioether (sulfide) groups is 1. The van der Waals surface area contributed by atoms with Gasteiger partial charge in [-0.3, -0.25) is 9.69 Å². The van der Waals surface area contributed by atoms with Crippen molar-refractivity contribution in [1.82, 2.24) is 4.98 Å². The first-order chi connectivity index (χ1) is 15.2. The third kappa shape index (κ3) is 3.87. The number of amidine groups is 1. The number of para-hydroxylation sites is 2. The third-order valence-electron chi connectivity index (χ3n) is 4.99. The maximum Gasteiger partial charge on any atom is 0.243 e. The Kier molecular flexibility index (Phi) is 5.32. The molecule has 31 heavy (non-hydrogen) atoms. The van der Waals surface area contributed by atoms with Crippen LogP contribution in [-0.2, 0) is 4.79 Å². The molecule has 0 saturated carbocycles. The zero-order valence-corrected chi connectivity index (χ0v) is 17.9. The van der Waals surface area contributed by atoms with E-state index in [1.807, 2.05) is 78.9 Å². The highest BCUT2D eigenvalue weighted by atomic mass is 35.5. The molecule has 0 unspecified atom stereocenters. The molecule has 0 bridgehead atoms. The van der Waals surface area contributed by atoms with Gasteiger partial charge >= 0.3 is 0 Å². The number of fused-ring (bicyclic) bond motifs is 1. The average Bonchev–Trinajstić information content (AvgIpc) is 3.35. The average molecular weight is 445 g/mol. The molecule has 1 aliphatic heterocycles. The lowest BCUT2D eigenvalue weighted by molar-refractivity contribution is -0.115. The molecule has 5 nitrogen and oxygen atoms in total. The van der Waals surface area contributed by atoms with Gasteiger partial charge in [-0.1, -0.05) is 71.9 Å². The van der Waals surface area contributed by atoms with Crippen LogP contribution >= 0.6 is 23.4 Å². The van der Waals surface area contributed by atoms with Crippen molar-refractivity contribution in [2.75, 3.05) is 10.7 Å². The Morgan fingerprint density at radius 1 is 0.968 bits per heavy atom. The molecule has 1 N–H and O–H groups in total. The molecule has 1 aliphatic rings. The summed E-state index contributed by atoms with van der Waals surface area (Å²) >= 11 is 7.45. The van der Waals surface area contributed by atoms with Gasteiger partial charge in [0.1, 0.15) is 0 Å². The molecular formula is C24H17ClN4OS. The molecule has 7 heteroatoms. The molecule has 0 atom stereocenters. The summed E-state index contributed by atoms with van der Waals surface area (Å²) in [6.07, 6.45) is 1.74. The Labute approximate surface area is 188 Å². The summed E-state index contributed by atoms with van der Waals surface area (Å²) in [5.41, 5.74) is 4.68. The van der Waals surface area contributed by atoms with Crippen LogP contribution in [0.15, 0.2) is 89.1 Å². The summed E-state index contributed by atoms with van der Waals surface area (Å²) < 4.78 is 0. The standard InChI is InChI=1S/C24H17ClN4OS/c25-17-12-10-16(11-13-17)23-20(19-8-4-5-9-21(19)27-23)14-26-28-24-29(22(30)15-31-24)18-6-2-1-3-7-18/h1-14,27H,15H2/b26-14+,28-24-. The maximum absolute atomic E-state index is 12.4. The van der Waals surface area contributed by atoms with E-state index in [2.05, 4.69) is 15.2 Å². The summed E-state index contributed by atoms with van der Waals surface area (Å²) in [6, 6.07) is 25.2. The van der Waals surface area contributed by atoms with E-state index in [4.69, 9.17) is 11.6 Å². The summed E-state index contributed by atoms with van der Waals surface area (Å²) in [5.74, 6) is 0.353. The van der Waals surface area contributed by atoms with Gasteiger partial charge in [-0.15, -0.1) is 5.10 Å². The van der Waals surface area contributed by atoms with Crippen molar-refractivity contribution in [2.45, 2.75) is 0 Å². The predicted octanol–water partition coefficient (Wildman–Crippen LogP) is 5.96. The molecule has 0 spiro atoms. The van der Waals surface area contributed by atoms with Crippen LogP contribution in [0.2, 0.25) is 5.02 Å². The minimum absolute atomic E-state index is 0.000836. The lowest BCUT2D eigenvalue weighted by atomic mass is 10.1. The normalized spacial score (nSPS) is 15.6. The number of hydrogen-bond donors (Lipinski definition) is 1. The van der Waals surface area contributed by atoms with E-state index in [-0.39, 0.29) is 5.91 Å². The highest BCUT2D eigenvalue weighted by Gasteiger charge is 2.29. The van der Waals surface area contributed by atoms with Crippen LogP contribution in [0.4, 0.5) is 5.69 Å². The zero-order valence-electron chi connectivity index (χ0n) is 16.3. The van der Waals surface area contributed by atoms with Gasteiger partial charge in [0.05, 0.1) is 23.3 Å². The highest BCUT2D eigenvalue weighted by Crippen LogP contribution is 2.30. The molecule has 152 valence electrons. The van der Waals surface area contributed by atoms with Gasteiger partial charge in [0, 0.05) is 21.5 Å². The minimum atomic E-state index is -0.000836. The molecule has 3 aromatic carbocycles. The second kappa shape index (κ2) is 8.41. The summed E-state index contributed by atoms with van der Waals surface area (Å²) in [4.78, 5) is 17.5. The Hall–Kier alpha value is -3.35. The summed E-state index contributed by atoms with van der Waals surface area (Å²) in [5, 5.41) is 11.0. The number of halogens is 1. The van der Waals surface area contributed by atoms with Gasteiger partial charge < -0.3 is 4.98 Å². The third-order valence-corrected chi connectivity index (χ3v) is 6.15. The van der Waals surface area contributed by atoms with E-state index in [0.29, 0.717) is 15.9 Å². The highest BCUT2D eigenvalue weighted by molar-refractivity contribution is 8.15. The number of aromatic nitrogens is 1. The molecule has 0 radical (unpaired) electrons. The molecule has 1 fully saturated rings. The number of anilines is 1. The van der Waals surface area contributed by atoms with E-state index >= 15 is 0 Å². The zero-order chi connectivity index (χ0) is 21.2. The molecule has 1 amide bonds. The number of rotatable bonds is 4. The fraction of sp³-hybridized carbons (Fsp3) is 0.0417. The van der Waals surface area contributed by atoms with Crippen LogP contribution in [0.25, 0.3) is 22.2 Å². The molecular weight excluding hydrogens is 428 g/mol. The van der Waals surface area contributed by atoms with Crippen LogP contribution in [-0.4, -0.2) is 28.0 Å². The molecule has 1 aromatic heterocycles. The van der Waals surface area contributed by atoms with Crippen molar-refractivity contribution >= 4 is 57.2 Å². The van der Waals surface area contributed by atoms with Crippen LogP contribution in [0.5, 0.6) is 0 Å². The lowest BCUT2D eigenvalue weighted by Crippen LogP contribution is -2.28. The van der Waals surface area contributed by atoms with E-state index in [0.717, 1.165) is 33.4 Å². The smallest absolute Gasteiger partial charge is 0.243 e. The van der Waals surface area contributed by atoms with E-state index in [1.165, 1.54) is 11.8 Å². The maximum atomic E-state index is 12.4. The van der Waals surface area contributed by atoms with Crippen molar-refractivity contribution in [3.8, 4) is 11.3 Å². The van der Waals surface area contributed by atoms with Crippen molar-refractivity contribution in [3.05, 3.63) is 89.4 Å². The molecule has 5 rings (SSSR count). The van der Waals surface area contributed by atoms with Gasteiger partial charge in [-0.2, -0.15) is 5.10 Å². The van der Waals surface area contributed by atoms with Gasteiger partial charge in [0.2, 0.25) is 5.91 Å². The van der Waals surface area contributed by atoms with Crippen molar-refractivity contribution < 1.29 is 4.79 Å².